The number of hydrogen-bond donors (Lipinski definition) is 0. The van der Waals surface area contributed by atoms with E-state index in [9.17, 15) is 10.1 Å². The summed E-state index contributed by atoms with van der Waals surface area (Å²) in [5.74, 6) is -0.0691. The molecular weight excluding hydrogens is 206 g/mol. The van der Waals surface area contributed by atoms with Crippen LogP contribution in [0.2, 0.25) is 0 Å². The number of aromatic nitrogens is 2. The van der Waals surface area contributed by atoms with E-state index < -0.39 is 4.92 Å². The summed E-state index contributed by atoms with van der Waals surface area (Å²) >= 11 is 0. The third-order valence-corrected chi connectivity index (χ3v) is 2.71. The van der Waals surface area contributed by atoms with E-state index in [4.69, 9.17) is 0 Å². The van der Waals surface area contributed by atoms with Crippen LogP contribution in [0.5, 0.6) is 0 Å². The summed E-state index contributed by atoms with van der Waals surface area (Å²) < 4.78 is 1.68. The van der Waals surface area contributed by atoms with Gasteiger partial charge in [-0.05, 0) is 18.3 Å². The van der Waals surface area contributed by atoms with Gasteiger partial charge in [-0.2, -0.15) is 4.68 Å². The van der Waals surface area contributed by atoms with Gasteiger partial charge in [0.1, 0.15) is 0 Å². The average Bonchev–Trinajstić information content (AvgIpc) is 2.73. The molecule has 0 aromatic carbocycles. The van der Waals surface area contributed by atoms with Crippen molar-refractivity contribution < 1.29 is 4.92 Å². The Balaban J connectivity index is 2.40. The van der Waals surface area contributed by atoms with Gasteiger partial charge in [0.2, 0.25) is 0 Å². The molecule has 0 aliphatic rings. The summed E-state index contributed by atoms with van der Waals surface area (Å²) in [6.07, 6.45) is 7.57. The van der Waals surface area contributed by atoms with Crippen molar-refractivity contribution >= 4 is 5.82 Å². The minimum atomic E-state index is -0.458. The standard InChI is InChI=1S/C11H19N3O2/c1-3-4-5-6-7-10(2)13-9-8-11(12-13)14(15)16/h8-10H,3-7H2,1-2H3/t10-/m0/s1. The minimum Gasteiger partial charge on any atom is -0.358 e. The third kappa shape index (κ3) is 3.64. The largest absolute Gasteiger partial charge is 0.389 e. The first-order valence-corrected chi connectivity index (χ1v) is 5.84. The molecule has 0 amide bonds. The molecule has 0 N–H and O–H groups in total. The predicted molar refractivity (Wildman–Crippen MR) is 62.4 cm³/mol. The summed E-state index contributed by atoms with van der Waals surface area (Å²) in [7, 11) is 0. The van der Waals surface area contributed by atoms with Gasteiger partial charge in [0, 0.05) is 0 Å². The zero-order valence-corrected chi connectivity index (χ0v) is 9.93. The van der Waals surface area contributed by atoms with E-state index in [0.29, 0.717) is 0 Å². The van der Waals surface area contributed by atoms with Gasteiger partial charge in [-0.15, -0.1) is 0 Å². The van der Waals surface area contributed by atoms with Crippen molar-refractivity contribution in [2.24, 2.45) is 0 Å². The highest BCUT2D eigenvalue weighted by molar-refractivity contribution is 5.14. The second-order valence-corrected chi connectivity index (χ2v) is 4.11. The zero-order chi connectivity index (χ0) is 12.0. The van der Waals surface area contributed by atoms with Crippen molar-refractivity contribution in [1.82, 2.24) is 9.78 Å². The van der Waals surface area contributed by atoms with Gasteiger partial charge in [-0.3, -0.25) is 0 Å². The number of hydrogen-bond acceptors (Lipinski definition) is 3. The molecule has 0 radical (unpaired) electrons. The Morgan fingerprint density at radius 2 is 2.25 bits per heavy atom. The Bertz CT molecular complexity index is 336. The highest BCUT2D eigenvalue weighted by Crippen LogP contribution is 2.17. The van der Waals surface area contributed by atoms with Gasteiger partial charge in [0.25, 0.3) is 0 Å². The Morgan fingerprint density at radius 1 is 1.50 bits per heavy atom. The van der Waals surface area contributed by atoms with Crippen LogP contribution in [0.1, 0.15) is 52.0 Å². The number of nitro groups is 1. The van der Waals surface area contributed by atoms with Crippen molar-refractivity contribution in [2.45, 2.75) is 52.0 Å². The maximum atomic E-state index is 10.5. The van der Waals surface area contributed by atoms with Crippen LogP contribution in [-0.4, -0.2) is 14.7 Å². The lowest BCUT2D eigenvalue weighted by Gasteiger charge is -2.07. The van der Waals surface area contributed by atoms with Gasteiger partial charge in [0.05, 0.1) is 23.4 Å². The van der Waals surface area contributed by atoms with Crippen molar-refractivity contribution in [1.29, 1.82) is 0 Å². The molecule has 0 saturated heterocycles. The highest BCUT2D eigenvalue weighted by atomic mass is 16.6. The molecule has 0 saturated carbocycles. The van der Waals surface area contributed by atoms with E-state index in [-0.39, 0.29) is 11.9 Å². The first-order chi connectivity index (χ1) is 7.65. The maximum Gasteiger partial charge on any atom is 0.389 e. The second-order valence-electron chi connectivity index (χ2n) is 4.11. The zero-order valence-electron chi connectivity index (χ0n) is 9.93. The minimum absolute atomic E-state index is 0.0691. The van der Waals surface area contributed by atoms with Crippen molar-refractivity contribution in [3.05, 3.63) is 22.4 Å². The molecule has 0 spiro atoms. The number of rotatable bonds is 7. The smallest absolute Gasteiger partial charge is 0.358 e. The van der Waals surface area contributed by atoms with Crippen molar-refractivity contribution in [3.8, 4) is 0 Å². The van der Waals surface area contributed by atoms with Gasteiger partial charge < -0.3 is 10.1 Å². The number of nitrogens with zero attached hydrogens (tertiary/aromatic N) is 3. The van der Waals surface area contributed by atoms with Crippen LogP contribution in [0.25, 0.3) is 0 Å². The monoisotopic (exact) mass is 225 g/mol. The molecule has 1 rings (SSSR count). The number of unbranched alkanes of at least 4 members (excludes halogenated alkanes) is 3. The Morgan fingerprint density at radius 3 is 2.81 bits per heavy atom. The first-order valence-electron chi connectivity index (χ1n) is 5.84. The molecule has 0 aliphatic carbocycles. The fourth-order valence-electron chi connectivity index (χ4n) is 1.67. The van der Waals surface area contributed by atoms with E-state index in [0.717, 1.165) is 12.8 Å². The molecule has 1 aromatic rings. The fraction of sp³-hybridized carbons (Fsp3) is 0.727. The molecule has 16 heavy (non-hydrogen) atoms. The summed E-state index contributed by atoms with van der Waals surface area (Å²) in [5, 5.41) is 14.4. The summed E-state index contributed by atoms with van der Waals surface area (Å²) in [5.41, 5.74) is 0. The van der Waals surface area contributed by atoms with Crippen molar-refractivity contribution in [3.63, 3.8) is 0 Å². The Labute approximate surface area is 95.6 Å². The van der Waals surface area contributed by atoms with Crippen LogP contribution < -0.4 is 0 Å². The molecule has 0 bridgehead atoms. The van der Waals surface area contributed by atoms with Crippen LogP contribution in [0.4, 0.5) is 5.82 Å². The van der Waals surface area contributed by atoms with Crippen LogP contribution in [0.15, 0.2) is 12.3 Å². The molecule has 1 heterocycles. The Hall–Kier alpha value is -1.39. The van der Waals surface area contributed by atoms with Crippen molar-refractivity contribution in [2.75, 3.05) is 0 Å². The van der Waals surface area contributed by atoms with E-state index >= 15 is 0 Å². The second kappa shape index (κ2) is 6.25. The summed E-state index contributed by atoms with van der Waals surface area (Å²) in [4.78, 5) is 10.0. The van der Waals surface area contributed by atoms with Crippen LogP contribution in [0.3, 0.4) is 0 Å². The molecule has 1 aromatic heterocycles. The summed E-state index contributed by atoms with van der Waals surface area (Å²) in [6, 6.07) is 1.69. The lowest BCUT2D eigenvalue weighted by atomic mass is 10.1. The van der Waals surface area contributed by atoms with Crippen LogP contribution >= 0.6 is 0 Å². The molecule has 0 unspecified atom stereocenters. The van der Waals surface area contributed by atoms with Crippen LogP contribution in [-0.2, 0) is 0 Å². The fourth-order valence-corrected chi connectivity index (χ4v) is 1.67. The van der Waals surface area contributed by atoms with Gasteiger partial charge in [-0.25, -0.2) is 0 Å². The molecule has 5 nitrogen and oxygen atoms in total. The third-order valence-electron chi connectivity index (χ3n) is 2.71. The molecule has 0 aliphatic heterocycles. The normalized spacial score (nSPS) is 12.6. The summed E-state index contributed by atoms with van der Waals surface area (Å²) in [6.45, 7) is 4.23. The lowest BCUT2D eigenvalue weighted by Crippen LogP contribution is -2.06. The van der Waals surface area contributed by atoms with Gasteiger partial charge >= 0.3 is 5.82 Å². The topological polar surface area (TPSA) is 61.0 Å². The van der Waals surface area contributed by atoms with Gasteiger partial charge in [-0.1, -0.05) is 32.6 Å². The highest BCUT2D eigenvalue weighted by Gasteiger charge is 2.14. The van der Waals surface area contributed by atoms with Crippen LogP contribution in [0, 0.1) is 10.1 Å². The van der Waals surface area contributed by atoms with E-state index in [1.807, 2.05) is 6.92 Å². The average molecular weight is 225 g/mol. The first kappa shape index (κ1) is 12.7. The Kier molecular flexibility index (Phi) is 4.95. The van der Waals surface area contributed by atoms with Gasteiger partial charge in [0.15, 0.2) is 0 Å². The quantitative estimate of drug-likeness (QED) is 0.406. The predicted octanol–water partition coefficient (Wildman–Crippen LogP) is 3.32. The van der Waals surface area contributed by atoms with E-state index in [1.54, 1.807) is 10.9 Å². The molecule has 1 atom stereocenters. The molecule has 5 heteroatoms. The van der Waals surface area contributed by atoms with E-state index in [2.05, 4.69) is 12.0 Å². The molecule has 90 valence electrons. The lowest BCUT2D eigenvalue weighted by molar-refractivity contribution is -0.389. The maximum absolute atomic E-state index is 10.5. The van der Waals surface area contributed by atoms with E-state index in [1.165, 1.54) is 25.3 Å². The SMILES string of the molecule is CCCCCC[C@H](C)n1ccc([N+](=O)[O-])n1. The molecular formula is C11H19N3O2. The molecule has 0 fully saturated rings.